The van der Waals surface area contributed by atoms with E-state index in [2.05, 4.69) is 4.98 Å². The Balaban J connectivity index is 1.66. The van der Waals surface area contributed by atoms with Crippen molar-refractivity contribution in [2.45, 2.75) is 13.5 Å². The molecule has 3 rings (SSSR count). The molecule has 1 aromatic heterocycles. The van der Waals surface area contributed by atoms with Gasteiger partial charge in [0.15, 0.2) is 6.61 Å². The van der Waals surface area contributed by atoms with Crippen LogP contribution in [0.2, 0.25) is 10.0 Å². The summed E-state index contributed by atoms with van der Waals surface area (Å²) < 4.78 is 11.0. The van der Waals surface area contributed by atoms with Crippen LogP contribution in [0.15, 0.2) is 41.8 Å². The van der Waals surface area contributed by atoms with Crippen LogP contribution in [-0.2, 0) is 11.4 Å². The highest BCUT2D eigenvalue weighted by Crippen LogP contribution is 2.32. The van der Waals surface area contributed by atoms with Crippen LogP contribution in [0.3, 0.4) is 0 Å². The molecule has 0 bridgehead atoms. The zero-order chi connectivity index (χ0) is 19.4. The maximum Gasteiger partial charge on any atom is 0.341 e. The van der Waals surface area contributed by atoms with Crippen molar-refractivity contribution < 1.29 is 19.4 Å². The van der Waals surface area contributed by atoms with Gasteiger partial charge in [-0.2, -0.15) is 0 Å². The van der Waals surface area contributed by atoms with Crippen LogP contribution in [0.1, 0.15) is 10.6 Å². The Morgan fingerprint density at radius 2 is 2.00 bits per heavy atom. The quantitative estimate of drug-likeness (QED) is 0.545. The molecule has 0 saturated heterocycles. The van der Waals surface area contributed by atoms with Crippen LogP contribution in [-0.4, -0.2) is 22.7 Å². The number of aromatic nitrogens is 1. The number of aliphatic carboxylic acids is 1. The van der Waals surface area contributed by atoms with E-state index in [1.165, 1.54) is 11.3 Å². The molecule has 140 valence electrons. The molecular weight excluding hydrogens is 409 g/mol. The third kappa shape index (κ3) is 5.13. The molecule has 8 heteroatoms. The fourth-order valence-corrected chi connectivity index (χ4v) is 3.44. The molecule has 0 spiro atoms. The number of carboxylic acid groups (broad SMARTS) is 1. The number of rotatable bonds is 7. The first-order valence-electron chi connectivity index (χ1n) is 7.90. The number of nitrogens with zero attached hydrogens (tertiary/aromatic N) is 1. The lowest BCUT2D eigenvalue weighted by molar-refractivity contribution is -0.139. The molecule has 0 unspecified atom stereocenters. The Kier molecular flexibility index (Phi) is 6.21. The first kappa shape index (κ1) is 19.5. The third-order valence-corrected chi connectivity index (χ3v) is 5.00. The smallest absolute Gasteiger partial charge is 0.341 e. The fraction of sp³-hybridized carbons (Fsp3) is 0.158. The van der Waals surface area contributed by atoms with E-state index in [1.54, 1.807) is 36.4 Å². The summed E-state index contributed by atoms with van der Waals surface area (Å²) in [6.45, 7) is 1.75. The number of aryl methyl sites for hydroxylation is 1. The summed E-state index contributed by atoms with van der Waals surface area (Å²) in [6.07, 6.45) is 0. The van der Waals surface area contributed by atoms with Crippen molar-refractivity contribution in [3.8, 4) is 22.8 Å². The summed E-state index contributed by atoms with van der Waals surface area (Å²) in [6, 6.07) is 10.5. The minimum absolute atomic E-state index is 0.303. The highest BCUT2D eigenvalue weighted by molar-refractivity contribution is 7.09. The predicted molar refractivity (Wildman–Crippen MR) is 106 cm³/mol. The molecule has 0 aliphatic carbocycles. The van der Waals surface area contributed by atoms with Crippen LogP contribution in [0.5, 0.6) is 11.5 Å². The topological polar surface area (TPSA) is 68.7 Å². The van der Waals surface area contributed by atoms with E-state index in [1.807, 2.05) is 12.3 Å². The molecule has 5 nitrogen and oxygen atoms in total. The molecule has 0 atom stereocenters. The number of hydrogen-bond acceptors (Lipinski definition) is 5. The Bertz CT molecular complexity index is 974. The second-order valence-corrected chi connectivity index (χ2v) is 7.44. The van der Waals surface area contributed by atoms with Crippen molar-refractivity contribution in [2.75, 3.05) is 6.61 Å². The van der Waals surface area contributed by atoms with Crippen LogP contribution in [0, 0.1) is 6.92 Å². The van der Waals surface area contributed by atoms with Gasteiger partial charge in [-0.25, -0.2) is 9.78 Å². The van der Waals surface area contributed by atoms with Gasteiger partial charge in [0.2, 0.25) is 0 Å². The first-order valence-corrected chi connectivity index (χ1v) is 9.54. The van der Waals surface area contributed by atoms with E-state index in [0.29, 0.717) is 28.2 Å². The van der Waals surface area contributed by atoms with Gasteiger partial charge >= 0.3 is 5.97 Å². The summed E-state index contributed by atoms with van der Waals surface area (Å²) in [4.78, 5) is 15.1. The molecule has 0 saturated carbocycles. The zero-order valence-electron chi connectivity index (χ0n) is 14.2. The summed E-state index contributed by atoms with van der Waals surface area (Å²) in [7, 11) is 0. The van der Waals surface area contributed by atoms with Crippen molar-refractivity contribution in [2.24, 2.45) is 0 Å². The predicted octanol–water partition coefficient (Wildman–Crippen LogP) is 5.47. The Morgan fingerprint density at radius 1 is 1.19 bits per heavy atom. The SMILES string of the molecule is Cc1cc(OCc2nc(-c3cc(Cl)ccc3Cl)cs2)ccc1OCC(=O)O. The number of carbonyl (C=O) groups is 1. The largest absolute Gasteiger partial charge is 0.486 e. The monoisotopic (exact) mass is 423 g/mol. The maximum absolute atomic E-state index is 10.6. The van der Waals surface area contributed by atoms with Gasteiger partial charge in [0, 0.05) is 16.0 Å². The molecule has 27 heavy (non-hydrogen) atoms. The van der Waals surface area contributed by atoms with E-state index in [9.17, 15) is 4.79 Å². The second-order valence-electron chi connectivity index (χ2n) is 5.65. The number of carboxylic acids is 1. The molecule has 0 fully saturated rings. The van der Waals surface area contributed by atoms with E-state index < -0.39 is 5.97 Å². The van der Waals surface area contributed by atoms with E-state index in [-0.39, 0.29) is 6.61 Å². The van der Waals surface area contributed by atoms with E-state index in [0.717, 1.165) is 21.8 Å². The lowest BCUT2D eigenvalue weighted by atomic mass is 10.2. The number of benzene rings is 2. The van der Waals surface area contributed by atoms with E-state index in [4.69, 9.17) is 37.8 Å². The molecular formula is C19H15Cl2NO4S. The van der Waals surface area contributed by atoms with Crippen molar-refractivity contribution in [3.05, 3.63) is 62.4 Å². The minimum atomic E-state index is -1.02. The highest BCUT2D eigenvalue weighted by Gasteiger charge is 2.10. The van der Waals surface area contributed by atoms with Crippen LogP contribution < -0.4 is 9.47 Å². The molecule has 3 aromatic rings. The Morgan fingerprint density at radius 3 is 2.74 bits per heavy atom. The number of halogens is 2. The Labute approximate surface area is 170 Å². The molecule has 0 radical (unpaired) electrons. The van der Waals surface area contributed by atoms with Gasteiger partial charge in [-0.1, -0.05) is 23.2 Å². The average molecular weight is 424 g/mol. The number of hydrogen-bond donors (Lipinski definition) is 1. The normalized spacial score (nSPS) is 10.6. The number of ether oxygens (including phenoxy) is 2. The van der Waals surface area contributed by atoms with Crippen molar-refractivity contribution in [1.82, 2.24) is 4.98 Å². The first-order chi connectivity index (χ1) is 12.9. The molecule has 0 aliphatic rings. The molecule has 0 aliphatic heterocycles. The van der Waals surface area contributed by atoms with Crippen LogP contribution in [0.4, 0.5) is 0 Å². The van der Waals surface area contributed by atoms with Gasteiger partial charge in [-0.05, 0) is 48.9 Å². The Hall–Kier alpha value is -2.28. The standard InChI is InChI=1S/C19H15Cl2NO4S/c1-11-6-13(3-5-17(11)26-9-19(23)24)25-8-18-22-16(10-27-18)14-7-12(20)2-4-15(14)21/h2-7,10H,8-9H2,1H3,(H,23,24). The lowest BCUT2D eigenvalue weighted by Crippen LogP contribution is -2.10. The maximum atomic E-state index is 10.6. The van der Waals surface area contributed by atoms with Crippen molar-refractivity contribution in [1.29, 1.82) is 0 Å². The van der Waals surface area contributed by atoms with Gasteiger partial charge < -0.3 is 14.6 Å². The van der Waals surface area contributed by atoms with Crippen molar-refractivity contribution >= 4 is 40.5 Å². The molecule has 1 N–H and O–H groups in total. The third-order valence-electron chi connectivity index (χ3n) is 3.62. The van der Waals surface area contributed by atoms with Crippen molar-refractivity contribution in [3.63, 3.8) is 0 Å². The molecule has 2 aromatic carbocycles. The van der Waals surface area contributed by atoms with Crippen LogP contribution >= 0.6 is 34.5 Å². The lowest BCUT2D eigenvalue weighted by Gasteiger charge is -2.09. The second kappa shape index (κ2) is 8.61. The molecule has 0 amide bonds. The molecule has 1 heterocycles. The average Bonchev–Trinajstić information content (AvgIpc) is 3.10. The summed E-state index contributed by atoms with van der Waals surface area (Å²) in [5.41, 5.74) is 2.32. The zero-order valence-corrected chi connectivity index (χ0v) is 16.6. The van der Waals surface area contributed by atoms with E-state index >= 15 is 0 Å². The highest BCUT2D eigenvalue weighted by atomic mass is 35.5. The van der Waals surface area contributed by atoms with Gasteiger partial charge in [-0.15, -0.1) is 11.3 Å². The van der Waals surface area contributed by atoms with Crippen LogP contribution in [0.25, 0.3) is 11.3 Å². The van der Waals surface area contributed by atoms with Gasteiger partial charge in [0.1, 0.15) is 23.1 Å². The summed E-state index contributed by atoms with van der Waals surface area (Å²) in [5, 5.41) is 12.6. The summed E-state index contributed by atoms with van der Waals surface area (Å²) >= 11 is 13.7. The summed E-state index contributed by atoms with van der Waals surface area (Å²) in [5.74, 6) is 0.138. The fourth-order valence-electron chi connectivity index (χ4n) is 2.35. The van der Waals surface area contributed by atoms with Gasteiger partial charge in [-0.3, -0.25) is 0 Å². The number of thiazole rings is 1. The van der Waals surface area contributed by atoms with Gasteiger partial charge in [0.05, 0.1) is 10.7 Å². The van der Waals surface area contributed by atoms with Gasteiger partial charge in [0.25, 0.3) is 0 Å². The minimum Gasteiger partial charge on any atom is -0.486 e.